The molecule has 0 saturated carbocycles. The topological polar surface area (TPSA) is 69.0 Å². The molecule has 2 aliphatic rings. The van der Waals surface area contributed by atoms with Gasteiger partial charge in [0, 0.05) is 71.8 Å². The Morgan fingerprint density at radius 2 is 1.72 bits per heavy atom. The van der Waals surface area contributed by atoms with E-state index < -0.39 is 0 Å². The van der Waals surface area contributed by atoms with Crippen LogP contribution in [0.3, 0.4) is 0 Å². The first-order valence-corrected chi connectivity index (χ1v) is 11.7. The van der Waals surface area contributed by atoms with E-state index >= 15 is 0 Å². The van der Waals surface area contributed by atoms with E-state index in [4.69, 9.17) is 0 Å². The molecule has 8 heteroatoms. The average Bonchev–Trinajstić information content (AvgIpc) is 3.55. The number of carbonyl (C=O) groups excluding carboxylic acids is 1. The Hall–Kier alpha value is -2.87. The molecule has 1 amide bonds. The third-order valence-electron chi connectivity index (χ3n) is 6.55. The van der Waals surface area contributed by atoms with Crippen LogP contribution in [0.4, 0.5) is 0 Å². The summed E-state index contributed by atoms with van der Waals surface area (Å²) in [7, 11) is 1.84. The number of hydrogen-bond donors (Lipinski definition) is 1. The third kappa shape index (κ3) is 5.48. The van der Waals surface area contributed by atoms with Crippen molar-refractivity contribution in [3.8, 4) is 0 Å². The van der Waals surface area contributed by atoms with E-state index in [0.29, 0.717) is 0 Å². The molecule has 1 aromatic heterocycles. The van der Waals surface area contributed by atoms with Gasteiger partial charge in [-0.05, 0) is 30.9 Å². The second kappa shape index (κ2) is 10.6. The van der Waals surface area contributed by atoms with E-state index in [0.717, 1.165) is 71.2 Å². The van der Waals surface area contributed by atoms with Crippen molar-refractivity contribution in [3.63, 3.8) is 0 Å². The minimum absolute atomic E-state index is 0.0361. The van der Waals surface area contributed by atoms with Crippen LogP contribution in [0.25, 0.3) is 0 Å². The molecular formula is C24H35N7O. The monoisotopic (exact) mass is 437 g/mol. The summed E-state index contributed by atoms with van der Waals surface area (Å²) in [4.78, 5) is 27.9. The normalized spacial score (nSPS) is 18.8. The standard InChI is InChI=1S/C24H35N7O/c1-20(23(32)30-10-3-4-11-30)29-13-15-31(16-14-29)24(25-2)27-17-21-5-7-22(8-6-21)18-28-12-9-26-19-28/h5-9,12,19-20H,3-4,10-11,13-18H2,1-2H3,(H,25,27). The summed E-state index contributed by atoms with van der Waals surface area (Å²) in [5, 5.41) is 3.50. The number of nitrogens with zero attached hydrogens (tertiary/aromatic N) is 6. The molecule has 0 spiro atoms. The van der Waals surface area contributed by atoms with Gasteiger partial charge in [0.05, 0.1) is 12.4 Å². The number of hydrogen-bond acceptors (Lipinski definition) is 4. The zero-order valence-corrected chi connectivity index (χ0v) is 19.3. The number of aromatic nitrogens is 2. The number of nitrogens with one attached hydrogen (secondary N) is 1. The molecule has 3 heterocycles. The van der Waals surface area contributed by atoms with Crippen LogP contribution in [0.15, 0.2) is 48.0 Å². The van der Waals surface area contributed by atoms with E-state index in [1.807, 2.05) is 24.5 Å². The van der Waals surface area contributed by atoms with Crippen LogP contribution in [0.5, 0.6) is 0 Å². The highest BCUT2D eigenvalue weighted by Gasteiger charge is 2.30. The maximum Gasteiger partial charge on any atom is 0.239 e. The molecule has 2 aromatic rings. The Bertz CT molecular complexity index is 880. The van der Waals surface area contributed by atoms with Crippen molar-refractivity contribution in [2.75, 3.05) is 46.3 Å². The number of benzene rings is 1. The van der Waals surface area contributed by atoms with Crippen LogP contribution in [-0.2, 0) is 17.9 Å². The van der Waals surface area contributed by atoms with E-state index in [-0.39, 0.29) is 11.9 Å². The SMILES string of the molecule is CN=C(NCc1ccc(Cn2ccnc2)cc1)N1CCN(C(C)C(=O)N2CCCC2)CC1. The molecular weight excluding hydrogens is 402 g/mol. The average molecular weight is 438 g/mol. The lowest BCUT2D eigenvalue weighted by Gasteiger charge is -2.39. The maximum atomic E-state index is 12.7. The highest BCUT2D eigenvalue weighted by Crippen LogP contribution is 2.14. The second-order valence-corrected chi connectivity index (χ2v) is 8.68. The van der Waals surface area contributed by atoms with E-state index in [9.17, 15) is 4.79 Å². The molecule has 1 aromatic carbocycles. The minimum atomic E-state index is -0.0361. The second-order valence-electron chi connectivity index (χ2n) is 8.68. The zero-order chi connectivity index (χ0) is 22.3. The van der Waals surface area contributed by atoms with Gasteiger partial charge in [0.15, 0.2) is 5.96 Å². The summed E-state index contributed by atoms with van der Waals surface area (Å²) in [6.45, 7) is 8.98. The first-order valence-electron chi connectivity index (χ1n) is 11.7. The predicted molar refractivity (Wildman–Crippen MR) is 126 cm³/mol. The van der Waals surface area contributed by atoms with Crippen molar-refractivity contribution in [2.24, 2.45) is 4.99 Å². The van der Waals surface area contributed by atoms with Crippen LogP contribution < -0.4 is 5.32 Å². The lowest BCUT2D eigenvalue weighted by atomic mass is 10.1. The van der Waals surface area contributed by atoms with Gasteiger partial charge in [-0.1, -0.05) is 24.3 Å². The molecule has 0 aliphatic carbocycles. The Kier molecular flexibility index (Phi) is 7.42. The Morgan fingerprint density at radius 1 is 1.03 bits per heavy atom. The molecule has 4 rings (SSSR count). The lowest BCUT2D eigenvalue weighted by Crippen LogP contribution is -2.57. The Labute approximate surface area is 190 Å². The van der Waals surface area contributed by atoms with Crippen molar-refractivity contribution < 1.29 is 4.79 Å². The van der Waals surface area contributed by atoms with Crippen molar-refractivity contribution in [1.29, 1.82) is 0 Å². The molecule has 172 valence electrons. The fraction of sp³-hybridized carbons (Fsp3) is 0.542. The molecule has 2 saturated heterocycles. The molecule has 0 radical (unpaired) electrons. The Balaban J connectivity index is 1.23. The Morgan fingerprint density at radius 3 is 2.34 bits per heavy atom. The molecule has 2 aliphatic heterocycles. The quantitative estimate of drug-likeness (QED) is 0.550. The highest BCUT2D eigenvalue weighted by atomic mass is 16.2. The van der Waals surface area contributed by atoms with Crippen molar-refractivity contribution in [1.82, 2.24) is 29.6 Å². The van der Waals surface area contributed by atoms with E-state index in [1.165, 1.54) is 11.1 Å². The van der Waals surface area contributed by atoms with Crippen molar-refractivity contribution >= 4 is 11.9 Å². The molecule has 1 N–H and O–H groups in total. The molecule has 1 atom stereocenters. The molecule has 8 nitrogen and oxygen atoms in total. The zero-order valence-electron chi connectivity index (χ0n) is 19.3. The van der Waals surface area contributed by atoms with Crippen LogP contribution >= 0.6 is 0 Å². The molecule has 2 fully saturated rings. The number of carbonyl (C=O) groups is 1. The molecule has 0 bridgehead atoms. The van der Waals surface area contributed by atoms with Crippen LogP contribution in [0.1, 0.15) is 30.9 Å². The third-order valence-corrected chi connectivity index (χ3v) is 6.55. The summed E-state index contributed by atoms with van der Waals surface area (Å²) < 4.78 is 2.06. The van der Waals surface area contributed by atoms with Gasteiger partial charge in [0.2, 0.25) is 5.91 Å². The van der Waals surface area contributed by atoms with Gasteiger partial charge < -0.3 is 19.7 Å². The predicted octanol–water partition coefficient (Wildman–Crippen LogP) is 1.64. The van der Waals surface area contributed by atoms with Gasteiger partial charge in [-0.2, -0.15) is 0 Å². The van der Waals surface area contributed by atoms with Gasteiger partial charge in [-0.3, -0.25) is 14.7 Å². The number of piperazine rings is 1. The molecule has 1 unspecified atom stereocenters. The van der Waals surface area contributed by atoms with Crippen LogP contribution in [0.2, 0.25) is 0 Å². The van der Waals surface area contributed by atoms with Crippen molar-refractivity contribution in [3.05, 3.63) is 54.1 Å². The van der Waals surface area contributed by atoms with Crippen LogP contribution in [0, 0.1) is 0 Å². The number of likely N-dealkylation sites (tertiary alicyclic amines) is 1. The number of rotatable bonds is 6. The number of amides is 1. The first kappa shape index (κ1) is 22.3. The number of imidazole rings is 1. The van der Waals surface area contributed by atoms with Crippen molar-refractivity contribution in [2.45, 2.75) is 38.9 Å². The maximum absolute atomic E-state index is 12.7. The van der Waals surface area contributed by atoms with E-state index in [2.05, 4.69) is 60.8 Å². The minimum Gasteiger partial charge on any atom is -0.352 e. The van der Waals surface area contributed by atoms with Gasteiger partial charge in [-0.25, -0.2) is 4.98 Å². The number of guanidine groups is 1. The van der Waals surface area contributed by atoms with E-state index in [1.54, 1.807) is 6.20 Å². The number of aliphatic imine (C=N–C) groups is 1. The van der Waals surface area contributed by atoms with Gasteiger partial charge in [0.25, 0.3) is 0 Å². The summed E-state index contributed by atoms with van der Waals surface area (Å²) >= 11 is 0. The fourth-order valence-electron chi connectivity index (χ4n) is 4.55. The van der Waals surface area contributed by atoms with Gasteiger partial charge >= 0.3 is 0 Å². The summed E-state index contributed by atoms with van der Waals surface area (Å²) in [6.07, 6.45) is 7.89. The van der Waals surface area contributed by atoms with Gasteiger partial charge in [-0.15, -0.1) is 0 Å². The molecule has 32 heavy (non-hydrogen) atoms. The summed E-state index contributed by atoms with van der Waals surface area (Å²) in [6, 6.07) is 8.62. The van der Waals surface area contributed by atoms with Gasteiger partial charge in [0.1, 0.15) is 0 Å². The van der Waals surface area contributed by atoms with Crippen LogP contribution in [-0.4, -0.2) is 88.5 Å². The largest absolute Gasteiger partial charge is 0.352 e. The summed E-state index contributed by atoms with van der Waals surface area (Å²) in [5.41, 5.74) is 2.48. The first-order chi connectivity index (χ1) is 15.6. The smallest absolute Gasteiger partial charge is 0.239 e. The summed E-state index contributed by atoms with van der Waals surface area (Å²) in [5.74, 6) is 1.21. The lowest BCUT2D eigenvalue weighted by molar-refractivity contribution is -0.135. The fourth-order valence-corrected chi connectivity index (χ4v) is 4.55. The highest BCUT2D eigenvalue weighted by molar-refractivity contribution is 5.82.